The first-order chi connectivity index (χ1) is 11.3. The quantitative estimate of drug-likeness (QED) is 0.541. The molecule has 1 heterocycles. The third-order valence-corrected chi connectivity index (χ3v) is 4.17. The van der Waals surface area contributed by atoms with Gasteiger partial charge in [0, 0.05) is 22.9 Å². The highest BCUT2D eigenvalue weighted by molar-refractivity contribution is 8.13. The van der Waals surface area contributed by atoms with E-state index in [0.717, 1.165) is 12.1 Å². The van der Waals surface area contributed by atoms with Crippen LogP contribution in [0.4, 0.5) is 26.3 Å². The van der Waals surface area contributed by atoms with Crippen molar-refractivity contribution in [2.24, 2.45) is 0 Å². The largest absolute Gasteiger partial charge is 0.438 e. The number of benzene rings is 1. The Morgan fingerprint density at radius 3 is 2.04 bits per heavy atom. The van der Waals surface area contributed by atoms with Gasteiger partial charge in [0.15, 0.2) is 0 Å². The van der Waals surface area contributed by atoms with Gasteiger partial charge in [-0.25, -0.2) is 13.4 Å². The number of pyridine rings is 1. The lowest BCUT2D eigenvalue weighted by atomic mass is 10.2. The fourth-order valence-electron chi connectivity index (χ4n) is 1.69. The van der Waals surface area contributed by atoms with Gasteiger partial charge in [-0.2, -0.15) is 26.3 Å². The van der Waals surface area contributed by atoms with Crippen LogP contribution in [0.1, 0.15) is 11.1 Å². The van der Waals surface area contributed by atoms with Crippen LogP contribution in [0, 0.1) is 0 Å². The number of hydrogen-bond donors (Lipinski definition) is 0. The van der Waals surface area contributed by atoms with Gasteiger partial charge in [0.1, 0.15) is 5.75 Å². The van der Waals surface area contributed by atoms with Gasteiger partial charge >= 0.3 is 12.4 Å². The van der Waals surface area contributed by atoms with Gasteiger partial charge in [0.05, 0.1) is 16.0 Å². The van der Waals surface area contributed by atoms with E-state index in [9.17, 15) is 34.8 Å². The summed E-state index contributed by atoms with van der Waals surface area (Å²) in [6.45, 7) is 0. The Hall–Kier alpha value is -2.01. The second-order valence-corrected chi connectivity index (χ2v) is 7.14. The predicted molar refractivity (Wildman–Crippen MR) is 73.8 cm³/mol. The van der Waals surface area contributed by atoms with E-state index in [-0.39, 0.29) is 6.07 Å². The molecule has 25 heavy (non-hydrogen) atoms. The van der Waals surface area contributed by atoms with Crippen molar-refractivity contribution in [3.05, 3.63) is 47.7 Å². The highest BCUT2D eigenvalue weighted by Crippen LogP contribution is 2.40. The van der Waals surface area contributed by atoms with Crippen molar-refractivity contribution in [1.29, 1.82) is 0 Å². The molecule has 0 unspecified atom stereocenters. The van der Waals surface area contributed by atoms with E-state index in [1.165, 1.54) is 0 Å². The molecule has 0 fully saturated rings. The average molecular weight is 406 g/mol. The van der Waals surface area contributed by atoms with Crippen LogP contribution in [0.15, 0.2) is 41.4 Å². The average Bonchev–Trinajstić information content (AvgIpc) is 2.45. The van der Waals surface area contributed by atoms with Crippen molar-refractivity contribution in [3.8, 4) is 11.6 Å². The number of ether oxygens (including phenoxy) is 1. The molecule has 136 valence electrons. The topological polar surface area (TPSA) is 56.3 Å². The normalized spacial score (nSPS) is 12.9. The van der Waals surface area contributed by atoms with E-state index in [1.807, 2.05) is 0 Å². The Labute approximate surface area is 141 Å². The van der Waals surface area contributed by atoms with Gasteiger partial charge in [0.25, 0.3) is 9.05 Å². The van der Waals surface area contributed by atoms with Crippen LogP contribution in [0.5, 0.6) is 11.6 Å². The summed E-state index contributed by atoms with van der Waals surface area (Å²) >= 11 is 0. The lowest BCUT2D eigenvalue weighted by molar-refractivity contribution is -0.139. The molecule has 0 saturated carbocycles. The molecule has 0 radical (unpaired) electrons. The third-order valence-electron chi connectivity index (χ3n) is 2.82. The Morgan fingerprint density at radius 1 is 0.960 bits per heavy atom. The summed E-state index contributed by atoms with van der Waals surface area (Å²) < 4.78 is 104. The Bertz CT molecular complexity index is 878. The molecule has 1 aromatic carbocycles. The van der Waals surface area contributed by atoms with Gasteiger partial charge in [0.2, 0.25) is 5.88 Å². The van der Waals surface area contributed by atoms with Crippen molar-refractivity contribution in [2.75, 3.05) is 0 Å². The van der Waals surface area contributed by atoms with E-state index in [4.69, 9.17) is 15.4 Å². The van der Waals surface area contributed by atoms with Crippen molar-refractivity contribution in [2.45, 2.75) is 17.2 Å². The number of hydrogen-bond acceptors (Lipinski definition) is 4. The molecule has 0 spiro atoms. The van der Waals surface area contributed by atoms with Crippen LogP contribution in [-0.2, 0) is 21.4 Å². The molecule has 0 aliphatic heterocycles. The zero-order valence-corrected chi connectivity index (χ0v) is 13.3. The minimum absolute atomic E-state index is 0.252. The highest BCUT2D eigenvalue weighted by Gasteiger charge is 2.36. The number of rotatable bonds is 3. The lowest BCUT2D eigenvalue weighted by Crippen LogP contribution is -2.09. The first kappa shape index (κ1) is 19.3. The molecule has 0 aliphatic rings. The first-order valence-electron chi connectivity index (χ1n) is 6.15. The number of nitrogens with zero attached hydrogens (tertiary/aromatic N) is 1. The summed E-state index contributed by atoms with van der Waals surface area (Å²) in [7, 11) is 0.577. The van der Waals surface area contributed by atoms with Crippen molar-refractivity contribution in [1.82, 2.24) is 4.98 Å². The molecule has 0 N–H and O–H groups in total. The Morgan fingerprint density at radius 2 is 1.60 bits per heavy atom. The molecule has 0 saturated heterocycles. The Kier molecular flexibility index (Phi) is 4.92. The number of halogens is 7. The summed E-state index contributed by atoms with van der Waals surface area (Å²) in [5, 5.41) is 0. The summed E-state index contributed by atoms with van der Waals surface area (Å²) in [5.41, 5.74) is -2.59. The van der Waals surface area contributed by atoms with Crippen LogP contribution < -0.4 is 4.74 Å². The van der Waals surface area contributed by atoms with Crippen molar-refractivity contribution >= 4 is 19.7 Å². The lowest BCUT2D eigenvalue weighted by Gasteiger charge is -2.14. The molecular weight excluding hydrogens is 400 g/mol. The maximum Gasteiger partial charge on any atom is 0.420 e. The minimum Gasteiger partial charge on any atom is -0.438 e. The molecular formula is C13H6ClF6NO3S. The summed E-state index contributed by atoms with van der Waals surface area (Å²) in [6, 6.07) is 3.00. The van der Waals surface area contributed by atoms with Crippen LogP contribution in [0.25, 0.3) is 0 Å². The van der Waals surface area contributed by atoms with Crippen LogP contribution in [0.2, 0.25) is 0 Å². The fraction of sp³-hybridized carbons (Fsp3) is 0.154. The predicted octanol–water partition coefficient (Wildman–Crippen LogP) is 4.84. The van der Waals surface area contributed by atoms with E-state index in [2.05, 4.69) is 4.98 Å². The van der Waals surface area contributed by atoms with Crippen molar-refractivity contribution < 1.29 is 39.5 Å². The van der Waals surface area contributed by atoms with Crippen LogP contribution in [0.3, 0.4) is 0 Å². The monoisotopic (exact) mass is 405 g/mol. The maximum atomic E-state index is 13.1. The molecule has 12 heteroatoms. The zero-order valence-electron chi connectivity index (χ0n) is 11.7. The summed E-state index contributed by atoms with van der Waals surface area (Å²) in [5.74, 6) is -1.39. The molecule has 0 aliphatic carbocycles. The second kappa shape index (κ2) is 6.37. The molecule has 2 rings (SSSR count). The summed E-state index contributed by atoms with van der Waals surface area (Å²) in [6.07, 6.45) is -9.28. The molecule has 0 bridgehead atoms. The van der Waals surface area contributed by atoms with Crippen molar-refractivity contribution in [3.63, 3.8) is 0 Å². The van der Waals surface area contributed by atoms with E-state index < -0.39 is 49.1 Å². The second-order valence-electron chi connectivity index (χ2n) is 4.58. The molecule has 1 aromatic heterocycles. The van der Waals surface area contributed by atoms with Crippen LogP contribution in [-0.4, -0.2) is 13.4 Å². The van der Waals surface area contributed by atoms with Gasteiger partial charge in [-0.05, 0) is 24.3 Å². The molecule has 4 nitrogen and oxygen atoms in total. The maximum absolute atomic E-state index is 13.1. The van der Waals surface area contributed by atoms with Gasteiger partial charge in [-0.1, -0.05) is 0 Å². The zero-order chi connectivity index (χ0) is 19.0. The van der Waals surface area contributed by atoms with E-state index in [0.29, 0.717) is 18.3 Å². The van der Waals surface area contributed by atoms with E-state index >= 15 is 0 Å². The fourth-order valence-corrected chi connectivity index (χ4v) is 2.47. The van der Waals surface area contributed by atoms with Gasteiger partial charge in [-0.15, -0.1) is 0 Å². The van der Waals surface area contributed by atoms with E-state index in [1.54, 1.807) is 0 Å². The minimum atomic E-state index is -5.00. The smallest absolute Gasteiger partial charge is 0.420 e. The SMILES string of the molecule is O=S(=O)(Cl)c1ccc(Oc2ccc(C(F)(F)F)cn2)c(C(F)(F)F)c1. The molecule has 0 amide bonds. The first-order valence-corrected chi connectivity index (χ1v) is 8.46. The number of alkyl halides is 6. The third kappa shape index (κ3) is 4.75. The standard InChI is InChI=1S/C13H6ClF6NO3S/c14-25(22,23)8-2-3-10(9(5-8)13(18,19)20)24-11-4-1-7(6-21-11)12(15,16)17/h1-6H. The van der Waals surface area contributed by atoms with Crippen LogP contribution >= 0.6 is 10.7 Å². The molecule has 0 atom stereocenters. The Balaban J connectivity index is 2.42. The number of aromatic nitrogens is 1. The molecule has 2 aromatic rings. The van der Waals surface area contributed by atoms with Gasteiger partial charge < -0.3 is 4.74 Å². The summed E-state index contributed by atoms with van der Waals surface area (Å²) in [4.78, 5) is 2.47. The highest BCUT2D eigenvalue weighted by atomic mass is 35.7. The van der Waals surface area contributed by atoms with Gasteiger partial charge in [-0.3, -0.25) is 0 Å².